The first kappa shape index (κ1) is 23.9. The molecule has 2 atom stereocenters. The van der Waals surface area contributed by atoms with E-state index < -0.39 is 17.7 Å². The standard InChI is InChI=1S/C31H31NO4/c1-19-16-23-17-22(12-15-25(23)36-19)28(33)26-27(21-10-13-24(14-11-21)31(2,3)4)32(30(35)29(26)34)18-20-8-6-5-7-9-20/h5-15,17,19,27,33H,16,18H2,1-4H3/t19-,27+/m1/s1. The minimum Gasteiger partial charge on any atom is -0.507 e. The van der Waals surface area contributed by atoms with Crippen molar-refractivity contribution in [3.05, 3.63) is 106 Å². The predicted octanol–water partition coefficient (Wildman–Crippen LogP) is 5.93. The number of ketones is 1. The van der Waals surface area contributed by atoms with Gasteiger partial charge >= 0.3 is 0 Å². The number of carbonyl (C=O) groups is 2. The highest BCUT2D eigenvalue weighted by atomic mass is 16.5. The van der Waals surface area contributed by atoms with Gasteiger partial charge in [0.25, 0.3) is 11.7 Å². The smallest absolute Gasteiger partial charge is 0.295 e. The van der Waals surface area contributed by atoms with Gasteiger partial charge in [0.1, 0.15) is 17.6 Å². The van der Waals surface area contributed by atoms with Crippen LogP contribution >= 0.6 is 0 Å². The van der Waals surface area contributed by atoms with Crippen molar-refractivity contribution in [3.8, 4) is 5.75 Å². The van der Waals surface area contributed by atoms with Crippen LogP contribution in [0.15, 0.2) is 78.4 Å². The molecule has 184 valence electrons. The maximum atomic E-state index is 13.4. The van der Waals surface area contributed by atoms with Crippen LogP contribution in [0.2, 0.25) is 0 Å². The van der Waals surface area contributed by atoms with Gasteiger partial charge in [0.05, 0.1) is 11.6 Å². The fraction of sp³-hybridized carbons (Fsp3) is 0.290. The Morgan fingerprint density at radius 2 is 1.69 bits per heavy atom. The van der Waals surface area contributed by atoms with Gasteiger partial charge in [0.15, 0.2) is 0 Å². The van der Waals surface area contributed by atoms with Gasteiger partial charge in [-0.2, -0.15) is 0 Å². The number of aliphatic hydroxyl groups excluding tert-OH is 1. The van der Waals surface area contributed by atoms with E-state index in [1.807, 2.05) is 73.7 Å². The molecule has 2 aliphatic rings. The van der Waals surface area contributed by atoms with E-state index in [4.69, 9.17) is 4.74 Å². The first-order chi connectivity index (χ1) is 17.1. The lowest BCUT2D eigenvalue weighted by molar-refractivity contribution is -0.140. The van der Waals surface area contributed by atoms with Crippen molar-refractivity contribution in [2.24, 2.45) is 0 Å². The van der Waals surface area contributed by atoms with Crippen LogP contribution in [0.1, 0.15) is 61.6 Å². The number of benzene rings is 3. The third kappa shape index (κ3) is 4.30. The third-order valence-corrected chi connectivity index (χ3v) is 7.00. The molecule has 2 heterocycles. The Hall–Kier alpha value is -3.86. The van der Waals surface area contributed by atoms with Gasteiger partial charge in [-0.15, -0.1) is 0 Å². The Morgan fingerprint density at radius 3 is 2.36 bits per heavy atom. The molecule has 5 heteroatoms. The van der Waals surface area contributed by atoms with Gasteiger partial charge in [0.2, 0.25) is 0 Å². The van der Waals surface area contributed by atoms with Crippen molar-refractivity contribution in [3.63, 3.8) is 0 Å². The Kier molecular flexibility index (Phi) is 5.95. The maximum absolute atomic E-state index is 13.4. The number of rotatable bonds is 4. The number of amides is 1. The number of nitrogens with zero attached hydrogens (tertiary/aromatic N) is 1. The summed E-state index contributed by atoms with van der Waals surface area (Å²) in [4.78, 5) is 28.3. The molecule has 3 aromatic carbocycles. The van der Waals surface area contributed by atoms with E-state index in [0.717, 1.165) is 34.4 Å². The molecule has 5 rings (SSSR count). The molecule has 0 aromatic heterocycles. The molecule has 0 radical (unpaired) electrons. The summed E-state index contributed by atoms with van der Waals surface area (Å²) >= 11 is 0. The van der Waals surface area contributed by atoms with Gasteiger partial charge in [-0.05, 0) is 52.8 Å². The summed E-state index contributed by atoms with van der Waals surface area (Å²) in [6.07, 6.45) is 0.798. The number of ether oxygens (including phenoxy) is 1. The second-order valence-electron chi connectivity index (χ2n) is 10.7. The molecule has 1 amide bonds. The van der Waals surface area contributed by atoms with E-state index in [0.29, 0.717) is 5.56 Å². The minimum absolute atomic E-state index is 0.0337. The van der Waals surface area contributed by atoms with Crippen LogP contribution in [-0.2, 0) is 28.0 Å². The summed E-state index contributed by atoms with van der Waals surface area (Å²) in [5.74, 6) is -0.643. The molecule has 1 saturated heterocycles. The van der Waals surface area contributed by atoms with Gasteiger partial charge < -0.3 is 14.7 Å². The molecular formula is C31H31NO4. The second kappa shape index (κ2) is 8.98. The highest BCUT2D eigenvalue weighted by Crippen LogP contribution is 2.41. The number of fused-ring (bicyclic) bond motifs is 1. The molecule has 0 spiro atoms. The maximum Gasteiger partial charge on any atom is 0.295 e. The van der Waals surface area contributed by atoms with E-state index in [-0.39, 0.29) is 29.4 Å². The van der Waals surface area contributed by atoms with E-state index in [1.54, 1.807) is 11.0 Å². The average Bonchev–Trinajstić information content (AvgIpc) is 3.35. The number of carbonyl (C=O) groups excluding carboxylic acids is 2. The first-order valence-corrected chi connectivity index (χ1v) is 12.4. The van der Waals surface area contributed by atoms with Gasteiger partial charge in [-0.1, -0.05) is 75.4 Å². The van der Waals surface area contributed by atoms with Crippen LogP contribution in [-0.4, -0.2) is 27.8 Å². The fourth-order valence-corrected chi connectivity index (χ4v) is 5.06. The van der Waals surface area contributed by atoms with Crippen molar-refractivity contribution in [2.45, 2.75) is 58.2 Å². The van der Waals surface area contributed by atoms with Gasteiger partial charge in [0, 0.05) is 18.5 Å². The topological polar surface area (TPSA) is 66.8 Å². The van der Waals surface area contributed by atoms with Crippen LogP contribution in [0, 0.1) is 0 Å². The van der Waals surface area contributed by atoms with Crippen LogP contribution in [0.25, 0.3) is 5.76 Å². The molecule has 36 heavy (non-hydrogen) atoms. The molecule has 3 aromatic rings. The Labute approximate surface area is 212 Å². The van der Waals surface area contributed by atoms with Crippen molar-refractivity contribution >= 4 is 17.4 Å². The van der Waals surface area contributed by atoms with Gasteiger partial charge in [-0.3, -0.25) is 9.59 Å². The van der Waals surface area contributed by atoms with E-state index in [2.05, 4.69) is 20.8 Å². The van der Waals surface area contributed by atoms with E-state index >= 15 is 0 Å². The molecule has 0 aliphatic carbocycles. The SMILES string of the molecule is C[C@@H]1Cc2cc(C(O)=C3C(=O)C(=O)N(Cc4ccccc4)[C@H]3c3ccc(C(C)(C)C)cc3)ccc2O1. The molecule has 0 bridgehead atoms. The van der Waals surface area contributed by atoms with Crippen molar-refractivity contribution in [1.82, 2.24) is 4.90 Å². The highest BCUT2D eigenvalue weighted by Gasteiger charge is 2.46. The van der Waals surface area contributed by atoms with Crippen LogP contribution in [0.3, 0.4) is 0 Å². The molecular weight excluding hydrogens is 450 g/mol. The number of Topliss-reactive ketones (excluding diaryl/α,β-unsaturated/α-hetero) is 1. The summed E-state index contributed by atoms with van der Waals surface area (Å²) in [6.45, 7) is 8.69. The molecule has 5 nitrogen and oxygen atoms in total. The van der Waals surface area contributed by atoms with Crippen LogP contribution < -0.4 is 4.74 Å². The zero-order valence-electron chi connectivity index (χ0n) is 21.1. The van der Waals surface area contributed by atoms with E-state index in [9.17, 15) is 14.7 Å². The summed E-state index contributed by atoms with van der Waals surface area (Å²) in [7, 11) is 0. The van der Waals surface area contributed by atoms with Crippen molar-refractivity contribution < 1.29 is 19.4 Å². The summed E-state index contributed by atoms with van der Waals surface area (Å²) in [5.41, 5.74) is 4.44. The number of aliphatic hydroxyl groups is 1. The number of likely N-dealkylation sites (tertiary alicyclic amines) is 1. The third-order valence-electron chi connectivity index (χ3n) is 7.00. The Morgan fingerprint density at radius 1 is 1.00 bits per heavy atom. The molecule has 1 N–H and O–H groups in total. The zero-order chi connectivity index (χ0) is 25.6. The summed E-state index contributed by atoms with van der Waals surface area (Å²) in [6, 6.07) is 22.3. The lowest BCUT2D eigenvalue weighted by atomic mass is 9.85. The molecule has 2 aliphatic heterocycles. The van der Waals surface area contributed by atoms with E-state index in [1.165, 1.54) is 0 Å². The van der Waals surface area contributed by atoms with Crippen LogP contribution in [0.4, 0.5) is 0 Å². The lowest BCUT2D eigenvalue weighted by Crippen LogP contribution is -2.29. The largest absolute Gasteiger partial charge is 0.507 e. The molecule has 0 unspecified atom stereocenters. The summed E-state index contributed by atoms with van der Waals surface area (Å²) in [5, 5.41) is 11.4. The number of hydrogen-bond acceptors (Lipinski definition) is 4. The minimum atomic E-state index is -0.692. The zero-order valence-corrected chi connectivity index (χ0v) is 21.1. The Balaban J connectivity index is 1.62. The van der Waals surface area contributed by atoms with Crippen LogP contribution in [0.5, 0.6) is 5.75 Å². The normalized spacial score (nSPS) is 20.9. The second-order valence-corrected chi connectivity index (χ2v) is 10.7. The summed E-state index contributed by atoms with van der Waals surface area (Å²) < 4.78 is 5.79. The molecule has 0 saturated carbocycles. The van der Waals surface area contributed by atoms with Gasteiger partial charge in [-0.25, -0.2) is 0 Å². The Bertz CT molecular complexity index is 1350. The molecule has 1 fully saturated rings. The van der Waals surface area contributed by atoms with Crippen molar-refractivity contribution in [1.29, 1.82) is 0 Å². The lowest BCUT2D eigenvalue weighted by Gasteiger charge is -2.26. The predicted molar refractivity (Wildman–Crippen MR) is 140 cm³/mol. The quantitative estimate of drug-likeness (QED) is 0.285. The highest BCUT2D eigenvalue weighted by molar-refractivity contribution is 6.46. The fourth-order valence-electron chi connectivity index (χ4n) is 5.06. The number of hydrogen-bond donors (Lipinski definition) is 1. The first-order valence-electron chi connectivity index (χ1n) is 12.4. The monoisotopic (exact) mass is 481 g/mol. The van der Waals surface area contributed by atoms with Crippen molar-refractivity contribution in [2.75, 3.05) is 0 Å². The average molecular weight is 482 g/mol.